The van der Waals surface area contributed by atoms with Crippen LogP contribution in [-0.2, 0) is 25.7 Å². The lowest BCUT2D eigenvalue weighted by atomic mass is 9.59. The fourth-order valence-corrected chi connectivity index (χ4v) is 6.04. The van der Waals surface area contributed by atoms with E-state index in [-0.39, 0.29) is 25.6 Å². The quantitative estimate of drug-likeness (QED) is 0.502. The molecular formula is C26H32N4O6. The van der Waals surface area contributed by atoms with Gasteiger partial charge in [-0.15, -0.1) is 0 Å². The topological polar surface area (TPSA) is 136 Å². The summed E-state index contributed by atoms with van der Waals surface area (Å²) in [5.74, 6) is -4.22. The lowest BCUT2D eigenvalue weighted by Crippen LogP contribution is -2.71. The summed E-state index contributed by atoms with van der Waals surface area (Å²) in [6, 6.07) is 8.37. The van der Waals surface area contributed by atoms with Gasteiger partial charge in [0.25, 0.3) is 5.91 Å². The molecule has 192 valence electrons. The third-order valence-corrected chi connectivity index (χ3v) is 7.78. The summed E-state index contributed by atoms with van der Waals surface area (Å²) in [5, 5.41) is 14.6. The van der Waals surface area contributed by atoms with Gasteiger partial charge < -0.3 is 15.7 Å². The van der Waals surface area contributed by atoms with E-state index in [0.29, 0.717) is 30.4 Å². The molecule has 0 bridgehead atoms. The van der Waals surface area contributed by atoms with Crippen molar-refractivity contribution in [3.05, 3.63) is 47.0 Å². The SMILES string of the molecule is CCC1=C2CC[C@H]3C(=O)N(C)C(=O)[C@H]3[C@H]2[C@@](C)(C(=O)NCc2ccccc2)N(C(=O)NCCO)C1=O. The van der Waals surface area contributed by atoms with Gasteiger partial charge in [-0.2, -0.15) is 0 Å². The van der Waals surface area contributed by atoms with Crippen LogP contribution in [0.5, 0.6) is 0 Å². The van der Waals surface area contributed by atoms with E-state index in [0.717, 1.165) is 15.4 Å². The van der Waals surface area contributed by atoms with Crippen LogP contribution in [0.3, 0.4) is 0 Å². The Bertz CT molecular complexity index is 1130. The lowest BCUT2D eigenvalue weighted by Gasteiger charge is -2.52. The fourth-order valence-electron chi connectivity index (χ4n) is 6.04. The second-order valence-corrected chi connectivity index (χ2v) is 9.65. The van der Waals surface area contributed by atoms with E-state index in [1.54, 1.807) is 6.92 Å². The van der Waals surface area contributed by atoms with Crippen molar-refractivity contribution in [2.75, 3.05) is 20.2 Å². The zero-order valence-electron chi connectivity index (χ0n) is 20.7. The molecule has 36 heavy (non-hydrogen) atoms. The summed E-state index contributed by atoms with van der Waals surface area (Å²) in [7, 11) is 1.43. The van der Waals surface area contributed by atoms with Gasteiger partial charge in [0.15, 0.2) is 0 Å². The Morgan fingerprint density at radius 3 is 2.44 bits per heavy atom. The van der Waals surface area contributed by atoms with Crippen molar-refractivity contribution in [2.45, 2.75) is 45.2 Å². The summed E-state index contributed by atoms with van der Waals surface area (Å²) < 4.78 is 0. The third kappa shape index (κ3) is 3.89. The summed E-state index contributed by atoms with van der Waals surface area (Å²) in [4.78, 5) is 69.2. The molecule has 1 saturated carbocycles. The van der Waals surface area contributed by atoms with Crippen LogP contribution in [0.2, 0.25) is 0 Å². The lowest BCUT2D eigenvalue weighted by molar-refractivity contribution is -0.150. The number of nitrogens with zero attached hydrogens (tertiary/aromatic N) is 2. The second kappa shape index (κ2) is 9.85. The first-order chi connectivity index (χ1) is 17.2. The molecule has 2 heterocycles. The number of amides is 6. The van der Waals surface area contributed by atoms with Crippen LogP contribution >= 0.6 is 0 Å². The molecule has 3 aliphatic rings. The number of rotatable bonds is 6. The summed E-state index contributed by atoms with van der Waals surface area (Å²) >= 11 is 0. The van der Waals surface area contributed by atoms with Gasteiger partial charge in [0.1, 0.15) is 5.54 Å². The first-order valence-electron chi connectivity index (χ1n) is 12.3. The summed E-state index contributed by atoms with van der Waals surface area (Å²) in [6.45, 7) is 2.98. The van der Waals surface area contributed by atoms with E-state index < -0.39 is 47.0 Å². The van der Waals surface area contributed by atoms with E-state index >= 15 is 0 Å². The number of carbonyl (C=O) groups is 5. The molecule has 3 N–H and O–H groups in total. The van der Waals surface area contributed by atoms with Crippen LogP contribution in [0, 0.1) is 17.8 Å². The number of nitrogens with one attached hydrogen (secondary N) is 2. The van der Waals surface area contributed by atoms with Gasteiger partial charge >= 0.3 is 6.03 Å². The molecule has 0 radical (unpaired) electrons. The van der Waals surface area contributed by atoms with Crippen LogP contribution in [0.1, 0.15) is 38.7 Å². The molecule has 6 amide bonds. The van der Waals surface area contributed by atoms with E-state index in [9.17, 15) is 29.1 Å². The zero-order chi connectivity index (χ0) is 26.2. The number of benzene rings is 1. The number of fused-ring (bicyclic) bond motifs is 3. The first kappa shape index (κ1) is 25.6. The van der Waals surface area contributed by atoms with Crippen molar-refractivity contribution >= 4 is 29.7 Å². The monoisotopic (exact) mass is 496 g/mol. The van der Waals surface area contributed by atoms with Crippen LogP contribution in [0.4, 0.5) is 4.79 Å². The van der Waals surface area contributed by atoms with Crippen LogP contribution in [0.25, 0.3) is 0 Å². The standard InChI is InChI=1S/C26H32N4O6/c1-4-16-17-10-11-18-19(23(34)29(3)21(18)32)20(17)26(2,30(22(16)33)25(36)27-12-13-31)24(35)28-14-15-8-6-5-7-9-15/h5-9,18-20,31H,4,10-14H2,1-3H3,(H,27,36)(H,28,35)/t18-,19-,20+,26+/m1/s1. The van der Waals surface area contributed by atoms with Gasteiger partial charge in [0.05, 0.1) is 18.4 Å². The highest BCUT2D eigenvalue weighted by Gasteiger charge is 2.65. The minimum absolute atomic E-state index is 0.112. The summed E-state index contributed by atoms with van der Waals surface area (Å²) in [6.07, 6.45) is 1.10. The highest BCUT2D eigenvalue weighted by Crippen LogP contribution is 2.53. The number of likely N-dealkylation sites (tertiary alicyclic amines) is 1. The van der Waals surface area contributed by atoms with Crippen molar-refractivity contribution in [3.8, 4) is 0 Å². The van der Waals surface area contributed by atoms with Crippen molar-refractivity contribution < 1.29 is 29.1 Å². The van der Waals surface area contributed by atoms with E-state index in [2.05, 4.69) is 10.6 Å². The average molecular weight is 497 g/mol. The largest absolute Gasteiger partial charge is 0.395 e. The van der Waals surface area contributed by atoms with Gasteiger partial charge in [-0.1, -0.05) is 42.8 Å². The maximum atomic E-state index is 14.0. The third-order valence-electron chi connectivity index (χ3n) is 7.78. The Balaban J connectivity index is 1.84. The molecule has 2 fully saturated rings. The van der Waals surface area contributed by atoms with Crippen LogP contribution in [0.15, 0.2) is 41.5 Å². The Kier molecular flexibility index (Phi) is 6.99. The molecule has 4 rings (SSSR count). The minimum Gasteiger partial charge on any atom is -0.395 e. The number of aliphatic hydroxyl groups is 1. The number of aliphatic hydroxyl groups excluding tert-OH is 1. The predicted molar refractivity (Wildman–Crippen MR) is 129 cm³/mol. The maximum Gasteiger partial charge on any atom is 0.325 e. The van der Waals surface area contributed by atoms with E-state index in [1.807, 2.05) is 30.3 Å². The fraction of sp³-hybridized carbons (Fsp3) is 0.500. The molecule has 1 aromatic carbocycles. The minimum atomic E-state index is -1.77. The molecule has 4 atom stereocenters. The molecule has 0 unspecified atom stereocenters. The number of urea groups is 1. The molecule has 10 heteroatoms. The molecule has 1 aliphatic carbocycles. The highest BCUT2D eigenvalue weighted by molar-refractivity contribution is 6.12. The van der Waals surface area contributed by atoms with Gasteiger partial charge in [-0.05, 0) is 31.7 Å². The molecule has 1 aromatic rings. The second-order valence-electron chi connectivity index (χ2n) is 9.65. The zero-order valence-corrected chi connectivity index (χ0v) is 20.7. The Labute approximate surface area is 209 Å². The molecule has 0 aromatic heterocycles. The van der Waals surface area contributed by atoms with Crippen LogP contribution < -0.4 is 10.6 Å². The highest BCUT2D eigenvalue weighted by atomic mass is 16.3. The smallest absolute Gasteiger partial charge is 0.325 e. The van der Waals surface area contributed by atoms with Gasteiger partial charge in [-0.3, -0.25) is 24.1 Å². The van der Waals surface area contributed by atoms with Crippen molar-refractivity contribution in [2.24, 2.45) is 17.8 Å². The van der Waals surface area contributed by atoms with Gasteiger partial charge in [0, 0.05) is 31.6 Å². The Hall–Kier alpha value is -3.53. The first-order valence-corrected chi connectivity index (χ1v) is 12.3. The van der Waals surface area contributed by atoms with Crippen molar-refractivity contribution in [1.29, 1.82) is 0 Å². The van der Waals surface area contributed by atoms with E-state index in [4.69, 9.17) is 0 Å². The Morgan fingerprint density at radius 2 is 1.81 bits per heavy atom. The average Bonchev–Trinajstić information content (AvgIpc) is 3.10. The van der Waals surface area contributed by atoms with Gasteiger partial charge in [-0.25, -0.2) is 9.69 Å². The van der Waals surface area contributed by atoms with E-state index in [1.165, 1.54) is 14.0 Å². The number of carbonyl (C=O) groups excluding carboxylic acids is 5. The predicted octanol–water partition coefficient (Wildman–Crippen LogP) is 0.953. The van der Waals surface area contributed by atoms with Crippen molar-refractivity contribution in [3.63, 3.8) is 0 Å². The molecule has 1 saturated heterocycles. The number of hydrogen-bond donors (Lipinski definition) is 3. The van der Waals surface area contributed by atoms with Crippen molar-refractivity contribution in [1.82, 2.24) is 20.4 Å². The van der Waals surface area contributed by atoms with Crippen LogP contribution in [-0.4, -0.2) is 70.3 Å². The molecule has 10 nitrogen and oxygen atoms in total. The molecular weight excluding hydrogens is 464 g/mol. The molecule has 0 spiro atoms. The van der Waals surface area contributed by atoms with Gasteiger partial charge in [0.2, 0.25) is 17.7 Å². The normalized spacial score (nSPS) is 27.7. The molecule has 2 aliphatic heterocycles. The Morgan fingerprint density at radius 1 is 1.11 bits per heavy atom. The number of hydrogen-bond acceptors (Lipinski definition) is 6. The maximum absolute atomic E-state index is 14.0. The summed E-state index contributed by atoms with van der Waals surface area (Å²) in [5.41, 5.74) is 0.111. The number of imide groups is 2.